The van der Waals surface area contributed by atoms with Gasteiger partial charge in [0.05, 0.1) is 5.56 Å². The second-order valence-corrected chi connectivity index (χ2v) is 4.54. The van der Waals surface area contributed by atoms with Crippen molar-refractivity contribution in [2.24, 2.45) is 0 Å². The lowest BCUT2D eigenvalue weighted by atomic mass is 10.1. The molecule has 1 amide bonds. The molecular formula is C16H14FN3O. The normalized spacial score (nSPS) is 9.76. The SMILES string of the molecule is CC(=O)Nc1ccc(NCc2ccc(F)c(C#N)c2)cc1. The standard InChI is InChI=1S/C16H14FN3O/c1-11(21)20-15-5-3-14(4-6-15)19-10-12-2-7-16(17)13(8-12)9-18/h2-8,19H,10H2,1H3,(H,20,21). The molecule has 4 nitrogen and oxygen atoms in total. The number of benzene rings is 2. The Balaban J connectivity index is 2.00. The molecule has 21 heavy (non-hydrogen) atoms. The molecule has 0 saturated carbocycles. The van der Waals surface area contributed by atoms with E-state index in [2.05, 4.69) is 10.6 Å². The summed E-state index contributed by atoms with van der Waals surface area (Å²) in [6, 6.07) is 13.5. The molecule has 106 valence electrons. The fourth-order valence-electron chi connectivity index (χ4n) is 1.85. The van der Waals surface area contributed by atoms with Gasteiger partial charge in [-0.3, -0.25) is 4.79 Å². The largest absolute Gasteiger partial charge is 0.381 e. The van der Waals surface area contributed by atoms with Crippen LogP contribution in [0.4, 0.5) is 15.8 Å². The first-order valence-corrected chi connectivity index (χ1v) is 6.38. The Labute approximate surface area is 122 Å². The van der Waals surface area contributed by atoms with Crippen molar-refractivity contribution in [1.29, 1.82) is 5.26 Å². The van der Waals surface area contributed by atoms with Crippen molar-refractivity contribution in [2.75, 3.05) is 10.6 Å². The van der Waals surface area contributed by atoms with Crippen molar-refractivity contribution < 1.29 is 9.18 Å². The van der Waals surface area contributed by atoms with Crippen LogP contribution in [0.15, 0.2) is 42.5 Å². The molecule has 0 radical (unpaired) electrons. The number of rotatable bonds is 4. The third-order valence-corrected chi connectivity index (χ3v) is 2.85. The summed E-state index contributed by atoms with van der Waals surface area (Å²) < 4.78 is 13.2. The third-order valence-electron chi connectivity index (χ3n) is 2.85. The van der Waals surface area contributed by atoms with Crippen molar-refractivity contribution in [3.8, 4) is 6.07 Å². The topological polar surface area (TPSA) is 64.9 Å². The molecule has 0 aromatic heterocycles. The number of hydrogen-bond donors (Lipinski definition) is 2. The average molecular weight is 283 g/mol. The van der Waals surface area contributed by atoms with Crippen LogP contribution >= 0.6 is 0 Å². The molecule has 0 aliphatic heterocycles. The van der Waals surface area contributed by atoms with Crippen LogP contribution < -0.4 is 10.6 Å². The maximum Gasteiger partial charge on any atom is 0.221 e. The van der Waals surface area contributed by atoms with Gasteiger partial charge in [0.25, 0.3) is 0 Å². The van der Waals surface area contributed by atoms with Gasteiger partial charge in [-0.15, -0.1) is 0 Å². The Kier molecular flexibility index (Phi) is 4.52. The number of halogens is 1. The van der Waals surface area contributed by atoms with E-state index in [4.69, 9.17) is 5.26 Å². The van der Waals surface area contributed by atoms with E-state index < -0.39 is 5.82 Å². The Morgan fingerprint density at radius 1 is 1.19 bits per heavy atom. The predicted octanol–water partition coefficient (Wildman–Crippen LogP) is 3.27. The molecule has 0 heterocycles. The van der Waals surface area contributed by atoms with Gasteiger partial charge in [-0.05, 0) is 42.0 Å². The lowest BCUT2D eigenvalue weighted by Crippen LogP contribution is -2.05. The molecule has 0 unspecified atom stereocenters. The van der Waals surface area contributed by atoms with Crippen molar-refractivity contribution in [3.05, 3.63) is 59.4 Å². The highest BCUT2D eigenvalue weighted by Gasteiger charge is 2.03. The zero-order chi connectivity index (χ0) is 15.2. The maximum absolute atomic E-state index is 13.2. The first-order chi connectivity index (χ1) is 10.1. The smallest absolute Gasteiger partial charge is 0.221 e. The molecule has 0 spiro atoms. The zero-order valence-corrected chi connectivity index (χ0v) is 11.5. The van der Waals surface area contributed by atoms with E-state index in [0.717, 1.165) is 16.9 Å². The number of anilines is 2. The van der Waals surface area contributed by atoms with Gasteiger partial charge in [-0.2, -0.15) is 5.26 Å². The highest BCUT2D eigenvalue weighted by Crippen LogP contribution is 2.15. The van der Waals surface area contributed by atoms with E-state index in [1.54, 1.807) is 18.2 Å². The minimum atomic E-state index is -0.513. The minimum Gasteiger partial charge on any atom is -0.381 e. The zero-order valence-electron chi connectivity index (χ0n) is 11.5. The van der Waals surface area contributed by atoms with E-state index in [9.17, 15) is 9.18 Å². The lowest BCUT2D eigenvalue weighted by molar-refractivity contribution is -0.114. The Morgan fingerprint density at radius 2 is 1.86 bits per heavy atom. The first-order valence-electron chi connectivity index (χ1n) is 6.38. The van der Waals surface area contributed by atoms with E-state index in [1.165, 1.54) is 19.1 Å². The summed E-state index contributed by atoms with van der Waals surface area (Å²) in [5.74, 6) is -0.632. The molecule has 0 aliphatic carbocycles. The van der Waals surface area contributed by atoms with Crippen LogP contribution in [0.25, 0.3) is 0 Å². The Hall–Kier alpha value is -2.87. The summed E-state index contributed by atoms with van der Waals surface area (Å²) in [7, 11) is 0. The van der Waals surface area contributed by atoms with E-state index in [1.807, 2.05) is 18.2 Å². The van der Waals surface area contributed by atoms with E-state index in [0.29, 0.717) is 6.54 Å². The molecule has 2 rings (SSSR count). The van der Waals surface area contributed by atoms with E-state index in [-0.39, 0.29) is 11.5 Å². The Morgan fingerprint density at radius 3 is 2.48 bits per heavy atom. The quantitative estimate of drug-likeness (QED) is 0.905. The van der Waals surface area contributed by atoms with Crippen LogP contribution in [0.5, 0.6) is 0 Å². The predicted molar refractivity (Wildman–Crippen MR) is 79.2 cm³/mol. The number of hydrogen-bond acceptors (Lipinski definition) is 3. The van der Waals surface area contributed by atoms with Crippen molar-refractivity contribution in [1.82, 2.24) is 0 Å². The van der Waals surface area contributed by atoms with Gasteiger partial charge in [-0.25, -0.2) is 4.39 Å². The third kappa shape index (κ3) is 4.05. The number of carbonyl (C=O) groups excluding carboxylic acids is 1. The molecule has 5 heteroatoms. The molecule has 0 atom stereocenters. The molecule has 2 aromatic carbocycles. The summed E-state index contributed by atoms with van der Waals surface area (Å²) in [6.07, 6.45) is 0. The van der Waals surface area contributed by atoms with Gasteiger partial charge in [-0.1, -0.05) is 6.07 Å². The first kappa shape index (κ1) is 14.5. The molecule has 0 aliphatic rings. The monoisotopic (exact) mass is 283 g/mol. The van der Waals surface area contributed by atoms with Crippen molar-refractivity contribution >= 4 is 17.3 Å². The van der Waals surface area contributed by atoms with Crippen LogP contribution in [0, 0.1) is 17.1 Å². The maximum atomic E-state index is 13.2. The van der Waals surface area contributed by atoms with Crippen molar-refractivity contribution in [2.45, 2.75) is 13.5 Å². The summed E-state index contributed by atoms with van der Waals surface area (Å²) in [5, 5.41) is 14.6. The average Bonchev–Trinajstić information content (AvgIpc) is 2.47. The van der Waals surface area contributed by atoms with Gasteiger partial charge >= 0.3 is 0 Å². The number of amides is 1. The molecule has 2 N–H and O–H groups in total. The van der Waals surface area contributed by atoms with Crippen molar-refractivity contribution in [3.63, 3.8) is 0 Å². The summed E-state index contributed by atoms with van der Waals surface area (Å²) in [5.41, 5.74) is 2.45. The fourth-order valence-corrected chi connectivity index (χ4v) is 1.85. The highest BCUT2D eigenvalue weighted by molar-refractivity contribution is 5.88. The summed E-state index contributed by atoms with van der Waals surface area (Å²) in [6.45, 7) is 1.93. The lowest BCUT2D eigenvalue weighted by Gasteiger charge is -2.08. The highest BCUT2D eigenvalue weighted by atomic mass is 19.1. The number of carbonyl (C=O) groups is 1. The van der Waals surface area contributed by atoms with Crippen LogP contribution in [0.3, 0.4) is 0 Å². The molecule has 2 aromatic rings. The number of nitrogens with one attached hydrogen (secondary N) is 2. The van der Waals surface area contributed by atoms with Gasteiger partial charge < -0.3 is 10.6 Å². The second kappa shape index (κ2) is 6.53. The second-order valence-electron chi connectivity index (χ2n) is 4.54. The van der Waals surface area contributed by atoms with Gasteiger partial charge in [0.1, 0.15) is 11.9 Å². The van der Waals surface area contributed by atoms with Gasteiger partial charge in [0.2, 0.25) is 5.91 Å². The van der Waals surface area contributed by atoms with Gasteiger partial charge in [0.15, 0.2) is 0 Å². The minimum absolute atomic E-state index is 0.0373. The summed E-state index contributed by atoms with van der Waals surface area (Å²) >= 11 is 0. The molecular weight excluding hydrogens is 269 g/mol. The van der Waals surface area contributed by atoms with Crippen LogP contribution in [-0.4, -0.2) is 5.91 Å². The van der Waals surface area contributed by atoms with Crippen LogP contribution in [0.2, 0.25) is 0 Å². The van der Waals surface area contributed by atoms with Crippen LogP contribution in [-0.2, 0) is 11.3 Å². The summed E-state index contributed by atoms with van der Waals surface area (Å²) in [4.78, 5) is 10.9. The molecule has 0 bridgehead atoms. The molecule has 0 saturated heterocycles. The molecule has 0 fully saturated rings. The van der Waals surface area contributed by atoms with E-state index >= 15 is 0 Å². The fraction of sp³-hybridized carbons (Fsp3) is 0.125. The number of nitrogens with zero attached hydrogens (tertiary/aromatic N) is 1. The number of nitriles is 1. The Bertz CT molecular complexity index is 690. The van der Waals surface area contributed by atoms with Crippen LogP contribution in [0.1, 0.15) is 18.1 Å². The van der Waals surface area contributed by atoms with Gasteiger partial charge in [0, 0.05) is 24.8 Å².